The van der Waals surface area contributed by atoms with Gasteiger partial charge < -0.3 is 15.4 Å². The minimum atomic E-state index is -0.426. The molecule has 2 N–H and O–H groups in total. The summed E-state index contributed by atoms with van der Waals surface area (Å²) in [5.74, 6) is 1.17. The molecule has 176 valence electrons. The van der Waals surface area contributed by atoms with Crippen molar-refractivity contribution in [1.82, 2.24) is 14.8 Å². The average molecular weight is 466 g/mol. The maximum absolute atomic E-state index is 13.4. The highest BCUT2D eigenvalue weighted by atomic mass is 16.5. The van der Waals surface area contributed by atoms with Gasteiger partial charge in [-0.05, 0) is 61.7 Å². The Bertz CT molecular complexity index is 1390. The van der Waals surface area contributed by atoms with Crippen LogP contribution in [0.15, 0.2) is 90.4 Å². The Morgan fingerprint density at radius 3 is 2.49 bits per heavy atom. The number of benzene rings is 3. The molecule has 0 saturated carbocycles. The Balaban J connectivity index is 1.41. The maximum Gasteiger partial charge on any atom is 0.255 e. The van der Waals surface area contributed by atoms with Crippen LogP contribution in [0.2, 0.25) is 0 Å². The van der Waals surface area contributed by atoms with E-state index < -0.39 is 6.04 Å². The number of carbonyl (C=O) groups is 1. The standard InChI is InChI=1S/C28H27N5O2/c1-18-8-12-23(13-9-18)32-27(34)25-20(3)31-28-29-17-30-33(28)26(25)21-10-14-24(15-11-21)35-16-22-7-5-4-6-19(22)2/h4-15,17,26H,16H2,1-3H3,(H,32,34)(H,29,30,31). The zero-order valence-electron chi connectivity index (χ0n) is 19.9. The maximum atomic E-state index is 13.4. The second kappa shape index (κ2) is 9.46. The molecule has 0 spiro atoms. The van der Waals surface area contributed by atoms with Gasteiger partial charge >= 0.3 is 0 Å². The van der Waals surface area contributed by atoms with Crippen molar-refractivity contribution in [1.29, 1.82) is 0 Å². The fraction of sp³-hybridized carbons (Fsp3) is 0.179. The molecule has 4 aromatic rings. The van der Waals surface area contributed by atoms with E-state index in [4.69, 9.17) is 4.74 Å². The third kappa shape index (κ3) is 4.66. The van der Waals surface area contributed by atoms with Gasteiger partial charge in [0.1, 0.15) is 24.7 Å². The van der Waals surface area contributed by atoms with E-state index in [1.165, 1.54) is 11.9 Å². The number of hydrogen-bond donors (Lipinski definition) is 2. The summed E-state index contributed by atoms with van der Waals surface area (Å²) in [6, 6.07) is 23.3. The first-order chi connectivity index (χ1) is 17.0. The summed E-state index contributed by atoms with van der Waals surface area (Å²) in [4.78, 5) is 17.8. The van der Waals surface area contributed by atoms with Crippen LogP contribution in [0.4, 0.5) is 11.6 Å². The van der Waals surface area contributed by atoms with Crippen LogP contribution in [0.5, 0.6) is 5.75 Å². The minimum absolute atomic E-state index is 0.190. The molecule has 0 radical (unpaired) electrons. The van der Waals surface area contributed by atoms with E-state index in [1.807, 2.05) is 74.5 Å². The highest BCUT2D eigenvalue weighted by Gasteiger charge is 2.33. The Hall–Kier alpha value is -4.39. The summed E-state index contributed by atoms with van der Waals surface area (Å²) >= 11 is 0. The number of aryl methyl sites for hydroxylation is 2. The number of anilines is 2. The number of ether oxygens (including phenoxy) is 1. The Labute approximate surface area is 204 Å². The number of nitrogens with one attached hydrogen (secondary N) is 2. The van der Waals surface area contributed by atoms with Gasteiger partial charge in [-0.3, -0.25) is 4.79 Å². The number of amides is 1. The lowest BCUT2D eigenvalue weighted by molar-refractivity contribution is -0.113. The molecule has 35 heavy (non-hydrogen) atoms. The molecule has 1 atom stereocenters. The van der Waals surface area contributed by atoms with Crippen LogP contribution in [0.1, 0.15) is 35.2 Å². The Morgan fingerprint density at radius 1 is 1.00 bits per heavy atom. The van der Waals surface area contributed by atoms with Gasteiger partial charge in [-0.15, -0.1) is 0 Å². The van der Waals surface area contributed by atoms with Crippen molar-refractivity contribution < 1.29 is 9.53 Å². The zero-order valence-corrected chi connectivity index (χ0v) is 19.9. The first-order valence-electron chi connectivity index (χ1n) is 11.5. The molecule has 2 heterocycles. The molecule has 7 nitrogen and oxygen atoms in total. The smallest absolute Gasteiger partial charge is 0.255 e. The topological polar surface area (TPSA) is 81.1 Å². The number of rotatable bonds is 6. The van der Waals surface area contributed by atoms with Gasteiger partial charge in [-0.25, -0.2) is 4.68 Å². The third-order valence-corrected chi connectivity index (χ3v) is 6.20. The van der Waals surface area contributed by atoms with E-state index in [-0.39, 0.29) is 5.91 Å². The van der Waals surface area contributed by atoms with E-state index in [0.717, 1.165) is 33.8 Å². The minimum Gasteiger partial charge on any atom is -0.489 e. The molecule has 1 aliphatic rings. The molecule has 0 fully saturated rings. The number of allylic oxidation sites excluding steroid dienone is 1. The predicted octanol–water partition coefficient (Wildman–Crippen LogP) is 5.40. The van der Waals surface area contributed by atoms with Gasteiger partial charge in [-0.1, -0.05) is 54.1 Å². The second-order valence-corrected chi connectivity index (χ2v) is 8.70. The van der Waals surface area contributed by atoms with E-state index in [9.17, 15) is 4.79 Å². The highest BCUT2D eigenvalue weighted by Crippen LogP contribution is 2.35. The monoisotopic (exact) mass is 465 g/mol. The molecular weight excluding hydrogens is 438 g/mol. The zero-order chi connectivity index (χ0) is 24.4. The number of fused-ring (bicyclic) bond motifs is 1. The molecule has 0 saturated heterocycles. The number of aromatic nitrogens is 3. The van der Waals surface area contributed by atoms with Crippen LogP contribution in [-0.2, 0) is 11.4 Å². The Kier molecular flexibility index (Phi) is 6.06. The normalized spacial score (nSPS) is 14.8. The first-order valence-corrected chi connectivity index (χ1v) is 11.5. The van der Waals surface area contributed by atoms with Gasteiger partial charge in [0.2, 0.25) is 5.95 Å². The quantitative estimate of drug-likeness (QED) is 0.398. The third-order valence-electron chi connectivity index (χ3n) is 6.20. The predicted molar refractivity (Wildman–Crippen MR) is 136 cm³/mol. The highest BCUT2D eigenvalue weighted by molar-refractivity contribution is 6.06. The van der Waals surface area contributed by atoms with E-state index in [2.05, 4.69) is 39.8 Å². The van der Waals surface area contributed by atoms with Crippen LogP contribution in [0, 0.1) is 13.8 Å². The molecule has 1 aromatic heterocycles. The lowest BCUT2D eigenvalue weighted by atomic mass is 9.95. The molecule has 7 heteroatoms. The molecule has 1 amide bonds. The summed E-state index contributed by atoms with van der Waals surface area (Å²) in [5.41, 5.74) is 6.45. The molecule has 0 aliphatic carbocycles. The van der Waals surface area contributed by atoms with Crippen molar-refractivity contribution in [3.8, 4) is 5.75 Å². The van der Waals surface area contributed by atoms with Gasteiger partial charge in [-0.2, -0.15) is 10.1 Å². The summed E-state index contributed by atoms with van der Waals surface area (Å²) in [6.07, 6.45) is 1.49. The lowest BCUT2D eigenvalue weighted by Gasteiger charge is -2.28. The Morgan fingerprint density at radius 2 is 1.74 bits per heavy atom. The number of carbonyl (C=O) groups excluding carboxylic acids is 1. The average Bonchev–Trinajstić information content (AvgIpc) is 3.32. The largest absolute Gasteiger partial charge is 0.489 e. The first kappa shape index (κ1) is 22.4. The summed E-state index contributed by atoms with van der Waals surface area (Å²) < 4.78 is 7.75. The molecule has 1 unspecified atom stereocenters. The van der Waals surface area contributed by atoms with Crippen LogP contribution in [-0.4, -0.2) is 20.7 Å². The lowest BCUT2D eigenvalue weighted by Crippen LogP contribution is -2.31. The van der Waals surface area contributed by atoms with E-state index in [0.29, 0.717) is 18.1 Å². The summed E-state index contributed by atoms with van der Waals surface area (Å²) in [7, 11) is 0. The van der Waals surface area contributed by atoms with Crippen molar-refractivity contribution in [2.45, 2.75) is 33.4 Å². The fourth-order valence-corrected chi connectivity index (χ4v) is 4.21. The SMILES string of the molecule is CC1=C(C(=O)Nc2ccc(C)cc2)C(c2ccc(OCc3ccccc3C)cc2)n2ncnc2N1. The molecule has 1 aliphatic heterocycles. The number of hydrogen-bond acceptors (Lipinski definition) is 5. The fourth-order valence-electron chi connectivity index (χ4n) is 4.21. The molecule has 5 rings (SSSR count). The van der Waals surface area contributed by atoms with Crippen molar-refractivity contribution >= 4 is 17.5 Å². The van der Waals surface area contributed by atoms with Crippen LogP contribution >= 0.6 is 0 Å². The summed E-state index contributed by atoms with van der Waals surface area (Å²) in [6.45, 7) is 6.47. The number of nitrogens with zero attached hydrogens (tertiary/aromatic N) is 3. The second-order valence-electron chi connectivity index (χ2n) is 8.70. The van der Waals surface area contributed by atoms with Gasteiger partial charge in [0, 0.05) is 11.4 Å². The van der Waals surface area contributed by atoms with Gasteiger partial charge in [0.25, 0.3) is 5.91 Å². The molecule has 0 bridgehead atoms. The van der Waals surface area contributed by atoms with Crippen LogP contribution in [0.3, 0.4) is 0 Å². The van der Waals surface area contributed by atoms with Crippen molar-refractivity contribution in [2.24, 2.45) is 0 Å². The van der Waals surface area contributed by atoms with E-state index in [1.54, 1.807) is 4.68 Å². The van der Waals surface area contributed by atoms with Crippen LogP contribution in [0.25, 0.3) is 0 Å². The van der Waals surface area contributed by atoms with Gasteiger partial charge in [0.05, 0.1) is 5.57 Å². The van der Waals surface area contributed by atoms with Gasteiger partial charge in [0.15, 0.2) is 0 Å². The molecular formula is C28H27N5O2. The van der Waals surface area contributed by atoms with Crippen molar-refractivity contribution in [3.05, 3.63) is 113 Å². The molecule has 3 aromatic carbocycles. The summed E-state index contributed by atoms with van der Waals surface area (Å²) in [5, 5.41) is 10.6. The van der Waals surface area contributed by atoms with Crippen molar-refractivity contribution in [3.63, 3.8) is 0 Å². The van der Waals surface area contributed by atoms with E-state index >= 15 is 0 Å². The van der Waals surface area contributed by atoms with Crippen LogP contribution < -0.4 is 15.4 Å². The van der Waals surface area contributed by atoms with Crippen molar-refractivity contribution in [2.75, 3.05) is 10.6 Å².